The number of hydrogen-bond donors (Lipinski definition) is 2. The van der Waals surface area contributed by atoms with E-state index in [0.717, 1.165) is 16.0 Å². The SMILES string of the molecule is COc1ccc(C(=O)CSc2cccc(NC(=O)/C(=C/c3ccc(C)cc3)NC(=O)c3ccccc3)c2)cc1. The van der Waals surface area contributed by atoms with Crippen molar-refractivity contribution in [1.82, 2.24) is 5.32 Å². The number of nitrogens with one attached hydrogen (secondary N) is 2. The molecule has 2 N–H and O–H groups in total. The molecule has 4 aromatic carbocycles. The number of anilines is 1. The van der Waals surface area contributed by atoms with E-state index in [-0.39, 0.29) is 23.1 Å². The molecule has 0 atom stereocenters. The number of benzene rings is 4. The Kier molecular flexibility index (Phi) is 9.32. The van der Waals surface area contributed by atoms with Gasteiger partial charge in [-0.1, -0.05) is 54.1 Å². The van der Waals surface area contributed by atoms with Crippen molar-refractivity contribution in [2.75, 3.05) is 18.2 Å². The minimum atomic E-state index is -0.462. The van der Waals surface area contributed by atoms with E-state index in [2.05, 4.69) is 10.6 Å². The molecule has 0 saturated carbocycles. The molecule has 0 unspecified atom stereocenters. The van der Waals surface area contributed by atoms with Crippen molar-refractivity contribution in [2.45, 2.75) is 11.8 Å². The van der Waals surface area contributed by atoms with Crippen molar-refractivity contribution in [3.63, 3.8) is 0 Å². The summed E-state index contributed by atoms with van der Waals surface area (Å²) < 4.78 is 5.14. The molecule has 0 saturated heterocycles. The summed E-state index contributed by atoms with van der Waals surface area (Å²) in [5.41, 5.74) is 3.57. The molecule has 7 heteroatoms. The van der Waals surface area contributed by atoms with Crippen LogP contribution in [-0.2, 0) is 4.79 Å². The summed E-state index contributed by atoms with van der Waals surface area (Å²) >= 11 is 1.38. The first-order chi connectivity index (χ1) is 18.9. The Balaban J connectivity index is 1.47. The number of amides is 2. The highest BCUT2D eigenvalue weighted by Crippen LogP contribution is 2.24. The number of rotatable bonds is 10. The Hall–Kier alpha value is -4.62. The fourth-order valence-electron chi connectivity index (χ4n) is 3.64. The van der Waals surface area contributed by atoms with Crippen molar-refractivity contribution in [1.29, 1.82) is 0 Å². The summed E-state index contributed by atoms with van der Waals surface area (Å²) in [6.45, 7) is 1.98. The van der Waals surface area contributed by atoms with E-state index >= 15 is 0 Å². The third-order valence-electron chi connectivity index (χ3n) is 5.79. The molecular weight excluding hydrogens is 508 g/mol. The maximum atomic E-state index is 13.3. The highest BCUT2D eigenvalue weighted by Gasteiger charge is 2.15. The topological polar surface area (TPSA) is 84.5 Å². The molecule has 6 nitrogen and oxygen atoms in total. The van der Waals surface area contributed by atoms with Gasteiger partial charge in [-0.15, -0.1) is 11.8 Å². The number of Topliss-reactive ketones (excluding diaryl/α,β-unsaturated/α-hetero) is 1. The number of methoxy groups -OCH3 is 1. The fourth-order valence-corrected chi connectivity index (χ4v) is 4.49. The van der Waals surface area contributed by atoms with E-state index in [1.54, 1.807) is 73.8 Å². The van der Waals surface area contributed by atoms with Crippen LogP contribution in [0.5, 0.6) is 5.75 Å². The van der Waals surface area contributed by atoms with E-state index in [4.69, 9.17) is 4.74 Å². The first kappa shape index (κ1) is 27.4. The van der Waals surface area contributed by atoms with Gasteiger partial charge in [0.15, 0.2) is 5.78 Å². The van der Waals surface area contributed by atoms with Gasteiger partial charge < -0.3 is 15.4 Å². The zero-order chi connectivity index (χ0) is 27.6. The van der Waals surface area contributed by atoms with Crippen molar-refractivity contribution in [2.24, 2.45) is 0 Å². The van der Waals surface area contributed by atoms with Crippen LogP contribution in [0.25, 0.3) is 6.08 Å². The summed E-state index contributed by atoms with van der Waals surface area (Å²) in [5, 5.41) is 5.62. The van der Waals surface area contributed by atoms with Crippen molar-refractivity contribution >= 4 is 41.1 Å². The molecule has 0 heterocycles. The zero-order valence-corrected chi connectivity index (χ0v) is 22.5. The molecule has 0 aliphatic heterocycles. The van der Waals surface area contributed by atoms with Crippen LogP contribution >= 0.6 is 11.8 Å². The van der Waals surface area contributed by atoms with E-state index < -0.39 is 5.91 Å². The number of thioether (sulfide) groups is 1. The Morgan fingerprint density at radius 2 is 1.54 bits per heavy atom. The van der Waals surface area contributed by atoms with Crippen LogP contribution in [0.4, 0.5) is 5.69 Å². The largest absolute Gasteiger partial charge is 0.497 e. The second kappa shape index (κ2) is 13.3. The van der Waals surface area contributed by atoms with Crippen molar-refractivity contribution < 1.29 is 19.1 Å². The van der Waals surface area contributed by atoms with Gasteiger partial charge in [-0.3, -0.25) is 14.4 Å². The summed E-state index contributed by atoms with van der Waals surface area (Å²) in [6, 6.07) is 30.6. The van der Waals surface area contributed by atoms with Crippen molar-refractivity contribution in [3.8, 4) is 5.75 Å². The van der Waals surface area contributed by atoms with E-state index in [9.17, 15) is 14.4 Å². The number of ether oxygens (including phenoxy) is 1. The predicted molar refractivity (Wildman–Crippen MR) is 156 cm³/mol. The molecule has 0 fully saturated rings. The number of carbonyl (C=O) groups excluding carboxylic acids is 3. The highest BCUT2D eigenvalue weighted by molar-refractivity contribution is 8.00. The predicted octanol–water partition coefficient (Wildman–Crippen LogP) is 6.39. The molecular formula is C32H28N2O4S. The number of ketones is 1. The number of carbonyl (C=O) groups is 3. The molecule has 0 aliphatic rings. The van der Waals surface area contributed by atoms with Crippen LogP contribution in [0.2, 0.25) is 0 Å². The van der Waals surface area contributed by atoms with Crippen LogP contribution in [0.1, 0.15) is 31.8 Å². The van der Waals surface area contributed by atoms with Gasteiger partial charge in [0.1, 0.15) is 11.4 Å². The van der Waals surface area contributed by atoms with Crippen LogP contribution in [0, 0.1) is 6.92 Å². The average Bonchev–Trinajstić information content (AvgIpc) is 2.97. The van der Waals surface area contributed by atoms with E-state index in [0.29, 0.717) is 22.6 Å². The molecule has 4 aromatic rings. The third-order valence-corrected chi connectivity index (χ3v) is 6.78. The monoisotopic (exact) mass is 536 g/mol. The first-order valence-electron chi connectivity index (χ1n) is 12.3. The maximum absolute atomic E-state index is 13.3. The first-order valence-corrected chi connectivity index (χ1v) is 13.3. The average molecular weight is 537 g/mol. The summed E-state index contributed by atoms with van der Waals surface area (Å²) in [6.07, 6.45) is 1.64. The third kappa shape index (κ3) is 7.93. The van der Waals surface area contributed by atoms with Gasteiger partial charge in [-0.05, 0) is 73.2 Å². The fraction of sp³-hybridized carbons (Fsp3) is 0.0938. The second-order valence-electron chi connectivity index (χ2n) is 8.71. The Morgan fingerprint density at radius 1 is 0.821 bits per heavy atom. The van der Waals surface area contributed by atoms with Gasteiger partial charge in [0.25, 0.3) is 11.8 Å². The lowest BCUT2D eigenvalue weighted by Crippen LogP contribution is -2.30. The highest BCUT2D eigenvalue weighted by atomic mass is 32.2. The normalized spacial score (nSPS) is 11.0. The molecule has 2 amide bonds. The van der Waals surface area contributed by atoms with Gasteiger partial charge in [0, 0.05) is 21.7 Å². The maximum Gasteiger partial charge on any atom is 0.272 e. The molecule has 196 valence electrons. The second-order valence-corrected chi connectivity index (χ2v) is 9.76. The lowest BCUT2D eigenvalue weighted by atomic mass is 10.1. The molecule has 0 bridgehead atoms. The quantitative estimate of drug-likeness (QED) is 0.139. The Labute approximate surface area is 232 Å². The van der Waals surface area contributed by atoms with Gasteiger partial charge in [-0.2, -0.15) is 0 Å². The van der Waals surface area contributed by atoms with Gasteiger partial charge in [0.2, 0.25) is 0 Å². The minimum Gasteiger partial charge on any atom is -0.497 e. The molecule has 4 rings (SSSR count). The van der Waals surface area contributed by atoms with Gasteiger partial charge in [0.05, 0.1) is 12.9 Å². The lowest BCUT2D eigenvalue weighted by Gasteiger charge is -2.12. The summed E-state index contributed by atoms with van der Waals surface area (Å²) in [5.74, 6) is 0.0827. The van der Waals surface area contributed by atoms with Crippen LogP contribution in [-0.4, -0.2) is 30.5 Å². The van der Waals surface area contributed by atoms with Crippen LogP contribution < -0.4 is 15.4 Å². The summed E-state index contributed by atoms with van der Waals surface area (Å²) in [4.78, 5) is 39.6. The molecule has 0 aromatic heterocycles. The minimum absolute atomic E-state index is 0.0102. The van der Waals surface area contributed by atoms with E-state index in [1.165, 1.54) is 11.8 Å². The Morgan fingerprint density at radius 3 is 2.23 bits per heavy atom. The smallest absolute Gasteiger partial charge is 0.272 e. The molecule has 39 heavy (non-hydrogen) atoms. The van der Waals surface area contributed by atoms with Crippen LogP contribution in [0.3, 0.4) is 0 Å². The summed E-state index contributed by atoms with van der Waals surface area (Å²) in [7, 11) is 1.58. The number of hydrogen-bond acceptors (Lipinski definition) is 5. The lowest BCUT2D eigenvalue weighted by molar-refractivity contribution is -0.113. The molecule has 0 radical (unpaired) electrons. The zero-order valence-electron chi connectivity index (χ0n) is 21.6. The van der Waals surface area contributed by atoms with Gasteiger partial charge in [-0.25, -0.2) is 0 Å². The molecule has 0 spiro atoms. The van der Waals surface area contributed by atoms with Crippen molar-refractivity contribution in [3.05, 3.63) is 131 Å². The number of aryl methyl sites for hydroxylation is 1. The molecule has 0 aliphatic carbocycles. The van der Waals surface area contributed by atoms with Crippen LogP contribution in [0.15, 0.2) is 114 Å². The van der Waals surface area contributed by atoms with E-state index in [1.807, 2.05) is 49.4 Å². The Bertz CT molecular complexity index is 1480. The standard InChI is InChI=1S/C32H28N2O4S/c1-22-11-13-23(14-12-22)19-29(34-31(36)25-7-4-3-5-8-25)32(37)33-26-9-6-10-28(20-26)39-21-30(35)24-15-17-27(38-2)18-16-24/h3-20H,21H2,1-2H3,(H,33,37)(H,34,36)/b29-19-. The van der Waals surface area contributed by atoms with Gasteiger partial charge >= 0.3 is 0 Å².